The average Bonchev–Trinajstić information content (AvgIpc) is 2.90. The van der Waals surface area contributed by atoms with Gasteiger partial charge in [0.05, 0.1) is 14.2 Å². The van der Waals surface area contributed by atoms with Crippen LogP contribution in [0.3, 0.4) is 0 Å². The van der Waals surface area contributed by atoms with E-state index in [-0.39, 0.29) is 17.7 Å². The van der Waals surface area contributed by atoms with Gasteiger partial charge in [-0.15, -0.1) is 0 Å². The Morgan fingerprint density at radius 2 is 1.17 bits per heavy atom. The Bertz CT molecular complexity index is 1160. The molecule has 1 aliphatic rings. The van der Waals surface area contributed by atoms with E-state index in [1.54, 1.807) is 24.0 Å². The highest BCUT2D eigenvalue weighted by molar-refractivity contribution is 5.97. The molecule has 3 aromatic carbocycles. The molecule has 0 spiro atoms. The fraction of sp³-hybridized carbons (Fsp3) is 0.333. The third kappa shape index (κ3) is 5.54. The Kier molecular flexibility index (Phi) is 7.93. The molecule has 0 saturated carbocycles. The number of carbonyl (C=O) groups is 2. The standard InChI is InChI=1S/C30H34N2O4/c1-21(2)28-30(34)31(19-23-10-14-25(35-3)15-11-23)27(18-22-8-6-5-7-9-22)29(33)32(28)20-24-12-16-26(36-4)17-13-24/h5-17,21,27-28H,18-20H2,1-4H3/t27-,28+/m1/s1. The number of methoxy groups -OCH3 is 2. The van der Waals surface area contributed by atoms with E-state index in [9.17, 15) is 9.59 Å². The minimum Gasteiger partial charge on any atom is -0.497 e. The zero-order valence-corrected chi connectivity index (χ0v) is 21.4. The van der Waals surface area contributed by atoms with E-state index in [4.69, 9.17) is 9.47 Å². The van der Waals surface area contributed by atoms with Crippen LogP contribution in [0.5, 0.6) is 11.5 Å². The minimum atomic E-state index is -0.588. The lowest BCUT2D eigenvalue weighted by Crippen LogP contribution is -2.65. The van der Waals surface area contributed by atoms with Crippen molar-refractivity contribution in [1.82, 2.24) is 9.80 Å². The van der Waals surface area contributed by atoms with Gasteiger partial charge in [0.2, 0.25) is 11.8 Å². The Hall–Kier alpha value is -3.80. The Labute approximate surface area is 213 Å². The second-order valence-electron chi connectivity index (χ2n) is 9.52. The Balaban J connectivity index is 1.68. The van der Waals surface area contributed by atoms with Crippen molar-refractivity contribution in [2.45, 2.75) is 45.4 Å². The summed E-state index contributed by atoms with van der Waals surface area (Å²) in [4.78, 5) is 31.7. The zero-order valence-electron chi connectivity index (χ0n) is 21.4. The molecule has 6 heteroatoms. The van der Waals surface area contributed by atoms with Gasteiger partial charge in [-0.2, -0.15) is 0 Å². The van der Waals surface area contributed by atoms with Gasteiger partial charge in [-0.05, 0) is 46.9 Å². The number of rotatable bonds is 9. The normalized spacial score (nSPS) is 18.0. The third-order valence-electron chi connectivity index (χ3n) is 6.74. The predicted octanol–water partition coefficient (Wildman–Crippen LogP) is 4.71. The average molecular weight is 487 g/mol. The largest absolute Gasteiger partial charge is 0.497 e. The highest BCUT2D eigenvalue weighted by atomic mass is 16.5. The van der Waals surface area contributed by atoms with Crippen LogP contribution in [0.1, 0.15) is 30.5 Å². The summed E-state index contributed by atoms with van der Waals surface area (Å²) >= 11 is 0. The first-order valence-corrected chi connectivity index (χ1v) is 12.3. The molecule has 3 aromatic rings. The quantitative estimate of drug-likeness (QED) is 0.440. The van der Waals surface area contributed by atoms with Crippen molar-refractivity contribution < 1.29 is 19.1 Å². The van der Waals surface area contributed by atoms with Crippen LogP contribution in [0.15, 0.2) is 78.9 Å². The van der Waals surface area contributed by atoms with E-state index in [1.165, 1.54) is 0 Å². The zero-order chi connectivity index (χ0) is 25.7. The summed E-state index contributed by atoms with van der Waals surface area (Å²) in [5.41, 5.74) is 2.95. The second-order valence-corrected chi connectivity index (χ2v) is 9.52. The predicted molar refractivity (Wildman–Crippen MR) is 140 cm³/mol. The first kappa shape index (κ1) is 25.3. The summed E-state index contributed by atoms with van der Waals surface area (Å²) in [6, 6.07) is 24.1. The van der Waals surface area contributed by atoms with Gasteiger partial charge in [-0.3, -0.25) is 9.59 Å². The molecular weight excluding hydrogens is 452 g/mol. The summed E-state index contributed by atoms with van der Waals surface area (Å²) in [7, 11) is 3.25. The van der Waals surface area contributed by atoms with Crippen molar-refractivity contribution in [3.8, 4) is 11.5 Å². The van der Waals surface area contributed by atoms with Crippen molar-refractivity contribution in [2.75, 3.05) is 14.2 Å². The fourth-order valence-electron chi connectivity index (χ4n) is 4.82. The third-order valence-corrected chi connectivity index (χ3v) is 6.74. The number of ether oxygens (including phenoxy) is 2. The number of benzene rings is 3. The first-order valence-electron chi connectivity index (χ1n) is 12.3. The number of nitrogens with zero attached hydrogens (tertiary/aromatic N) is 2. The smallest absolute Gasteiger partial charge is 0.246 e. The fourth-order valence-corrected chi connectivity index (χ4v) is 4.82. The molecule has 4 rings (SSSR count). The molecule has 6 nitrogen and oxygen atoms in total. The maximum atomic E-state index is 14.1. The molecule has 1 saturated heterocycles. The number of amides is 2. The van der Waals surface area contributed by atoms with Gasteiger partial charge in [0.1, 0.15) is 23.6 Å². The van der Waals surface area contributed by atoms with Crippen LogP contribution < -0.4 is 9.47 Å². The number of hydrogen-bond acceptors (Lipinski definition) is 4. The van der Waals surface area contributed by atoms with Gasteiger partial charge in [0.25, 0.3) is 0 Å². The number of carbonyl (C=O) groups excluding carboxylic acids is 2. The molecule has 188 valence electrons. The molecule has 1 aliphatic heterocycles. The van der Waals surface area contributed by atoms with Crippen molar-refractivity contribution in [2.24, 2.45) is 5.92 Å². The topological polar surface area (TPSA) is 59.1 Å². The summed E-state index contributed by atoms with van der Waals surface area (Å²) in [5, 5.41) is 0. The molecule has 0 N–H and O–H groups in total. The van der Waals surface area contributed by atoms with Gasteiger partial charge in [-0.25, -0.2) is 0 Å². The monoisotopic (exact) mass is 486 g/mol. The molecule has 0 bridgehead atoms. The van der Waals surface area contributed by atoms with Crippen LogP contribution in [0.4, 0.5) is 0 Å². The Morgan fingerprint density at radius 1 is 0.667 bits per heavy atom. The summed E-state index contributed by atoms with van der Waals surface area (Å²) in [6.45, 7) is 4.74. The van der Waals surface area contributed by atoms with Crippen LogP contribution >= 0.6 is 0 Å². The van der Waals surface area contributed by atoms with E-state index in [0.29, 0.717) is 19.5 Å². The van der Waals surface area contributed by atoms with Gasteiger partial charge < -0.3 is 19.3 Å². The molecule has 2 amide bonds. The molecule has 2 atom stereocenters. The van der Waals surface area contributed by atoms with Crippen LogP contribution in [0.25, 0.3) is 0 Å². The molecule has 0 aliphatic carbocycles. The van der Waals surface area contributed by atoms with Gasteiger partial charge in [0.15, 0.2) is 0 Å². The van der Waals surface area contributed by atoms with Crippen molar-refractivity contribution in [3.05, 3.63) is 95.6 Å². The van der Waals surface area contributed by atoms with Crippen LogP contribution in [-0.2, 0) is 29.1 Å². The summed E-state index contributed by atoms with van der Waals surface area (Å²) in [6.07, 6.45) is 0.464. The Morgan fingerprint density at radius 3 is 1.64 bits per heavy atom. The van der Waals surface area contributed by atoms with Gasteiger partial charge in [0, 0.05) is 19.5 Å². The molecule has 1 heterocycles. The maximum absolute atomic E-state index is 14.1. The molecule has 0 radical (unpaired) electrons. The summed E-state index contributed by atoms with van der Waals surface area (Å²) in [5.74, 6) is 1.44. The summed E-state index contributed by atoms with van der Waals surface area (Å²) < 4.78 is 10.6. The van der Waals surface area contributed by atoms with E-state index in [0.717, 1.165) is 28.2 Å². The van der Waals surface area contributed by atoms with Crippen molar-refractivity contribution in [3.63, 3.8) is 0 Å². The lowest BCUT2D eigenvalue weighted by Gasteiger charge is -2.46. The van der Waals surface area contributed by atoms with Crippen molar-refractivity contribution >= 4 is 11.8 Å². The SMILES string of the molecule is COc1ccc(CN2C(=O)[C@H](C(C)C)N(Cc3ccc(OC)cc3)C(=O)[C@H]2Cc2ccccc2)cc1. The molecule has 1 fully saturated rings. The lowest BCUT2D eigenvalue weighted by atomic mass is 9.91. The van der Waals surface area contributed by atoms with E-state index < -0.39 is 12.1 Å². The van der Waals surface area contributed by atoms with E-state index in [2.05, 4.69) is 0 Å². The van der Waals surface area contributed by atoms with Gasteiger partial charge >= 0.3 is 0 Å². The van der Waals surface area contributed by atoms with Gasteiger partial charge in [-0.1, -0.05) is 68.4 Å². The van der Waals surface area contributed by atoms with Crippen LogP contribution in [0, 0.1) is 5.92 Å². The molecule has 0 unspecified atom stereocenters. The molecule has 0 aromatic heterocycles. The molecule has 36 heavy (non-hydrogen) atoms. The van der Waals surface area contributed by atoms with E-state index in [1.807, 2.05) is 92.7 Å². The number of piperazine rings is 1. The second kappa shape index (κ2) is 11.3. The van der Waals surface area contributed by atoms with Crippen LogP contribution in [-0.4, -0.2) is 47.9 Å². The highest BCUT2D eigenvalue weighted by Crippen LogP contribution is 2.29. The molecular formula is C30H34N2O4. The maximum Gasteiger partial charge on any atom is 0.246 e. The minimum absolute atomic E-state index is 0.0186. The van der Waals surface area contributed by atoms with Crippen molar-refractivity contribution in [1.29, 1.82) is 0 Å². The number of hydrogen-bond donors (Lipinski definition) is 0. The van der Waals surface area contributed by atoms with Crippen LogP contribution in [0.2, 0.25) is 0 Å². The first-order chi connectivity index (χ1) is 17.4. The lowest BCUT2D eigenvalue weighted by molar-refractivity contribution is -0.165. The highest BCUT2D eigenvalue weighted by Gasteiger charge is 2.46. The van der Waals surface area contributed by atoms with E-state index >= 15 is 0 Å².